The van der Waals surface area contributed by atoms with Gasteiger partial charge in [-0.25, -0.2) is 9.97 Å². The van der Waals surface area contributed by atoms with E-state index in [-0.39, 0.29) is 5.91 Å². The first-order chi connectivity index (χ1) is 16.5. The summed E-state index contributed by atoms with van der Waals surface area (Å²) in [6, 6.07) is 23.7. The minimum absolute atomic E-state index is 0.289. The maximum absolute atomic E-state index is 13.3. The number of nitrogens with one attached hydrogen (secondary N) is 1. The molecule has 34 heavy (non-hydrogen) atoms. The predicted molar refractivity (Wildman–Crippen MR) is 139 cm³/mol. The Hall–Kier alpha value is -3.29. The van der Waals surface area contributed by atoms with E-state index in [1.807, 2.05) is 61.5 Å². The van der Waals surface area contributed by atoms with Gasteiger partial charge in [-0.1, -0.05) is 71.6 Å². The molecular weight excluding hydrogens is 462 g/mol. The molecule has 0 radical (unpaired) electrons. The number of carbonyl (C=O) groups is 1. The number of hydrogen-bond acceptors (Lipinski definition) is 6. The van der Waals surface area contributed by atoms with Gasteiger partial charge in [-0.05, 0) is 49.2 Å². The van der Waals surface area contributed by atoms with Crippen molar-refractivity contribution < 1.29 is 9.53 Å². The zero-order valence-electron chi connectivity index (χ0n) is 19.2. The van der Waals surface area contributed by atoms with Gasteiger partial charge in [-0.2, -0.15) is 0 Å². The maximum atomic E-state index is 13.3. The van der Waals surface area contributed by atoms with Crippen molar-refractivity contribution in [2.45, 2.75) is 34.5 Å². The molecule has 4 aromatic rings. The molecular formula is C27H25N3O2S2. The van der Waals surface area contributed by atoms with Crippen LogP contribution in [0.5, 0.6) is 5.75 Å². The van der Waals surface area contributed by atoms with Crippen LogP contribution in [0.4, 0.5) is 5.69 Å². The van der Waals surface area contributed by atoms with Crippen LogP contribution in [0.15, 0.2) is 93.9 Å². The quantitative estimate of drug-likeness (QED) is 0.218. The van der Waals surface area contributed by atoms with Crippen LogP contribution < -0.4 is 10.1 Å². The van der Waals surface area contributed by atoms with Crippen LogP contribution in [0.1, 0.15) is 27.2 Å². The SMILES string of the molecule is COc1cccc(NC(=O)c2nc(SCc3ccccc3C)ncc2Sc2ccc(C)cc2)c1. The van der Waals surface area contributed by atoms with Crippen LogP contribution in [0.3, 0.4) is 0 Å². The second-order valence-corrected chi connectivity index (χ2v) is 9.74. The number of thioether (sulfide) groups is 1. The molecule has 5 nitrogen and oxygen atoms in total. The molecule has 1 amide bonds. The Morgan fingerprint density at radius 3 is 2.56 bits per heavy atom. The van der Waals surface area contributed by atoms with E-state index in [0.717, 1.165) is 10.6 Å². The highest BCUT2D eigenvalue weighted by atomic mass is 32.2. The van der Waals surface area contributed by atoms with Crippen LogP contribution in [-0.4, -0.2) is 23.0 Å². The minimum Gasteiger partial charge on any atom is -0.497 e. The summed E-state index contributed by atoms with van der Waals surface area (Å²) in [7, 11) is 1.60. The van der Waals surface area contributed by atoms with Crippen molar-refractivity contribution in [3.05, 3.63) is 101 Å². The van der Waals surface area contributed by atoms with E-state index in [1.165, 1.54) is 40.2 Å². The van der Waals surface area contributed by atoms with Crippen molar-refractivity contribution in [2.75, 3.05) is 12.4 Å². The Morgan fingerprint density at radius 2 is 1.79 bits per heavy atom. The number of aryl methyl sites for hydroxylation is 2. The third-order valence-electron chi connectivity index (χ3n) is 5.14. The van der Waals surface area contributed by atoms with Crippen molar-refractivity contribution in [1.82, 2.24) is 9.97 Å². The summed E-state index contributed by atoms with van der Waals surface area (Å²) in [5, 5.41) is 3.51. The van der Waals surface area contributed by atoms with Gasteiger partial charge in [0.2, 0.25) is 0 Å². The highest BCUT2D eigenvalue weighted by Gasteiger charge is 2.18. The van der Waals surface area contributed by atoms with E-state index in [2.05, 4.69) is 34.3 Å². The largest absolute Gasteiger partial charge is 0.497 e. The molecule has 0 unspecified atom stereocenters. The minimum atomic E-state index is -0.289. The maximum Gasteiger partial charge on any atom is 0.275 e. The molecule has 0 spiro atoms. The summed E-state index contributed by atoms with van der Waals surface area (Å²) in [4.78, 5) is 24.2. The van der Waals surface area contributed by atoms with Gasteiger partial charge in [0.05, 0.1) is 12.0 Å². The first-order valence-corrected chi connectivity index (χ1v) is 12.6. The fourth-order valence-electron chi connectivity index (χ4n) is 3.20. The van der Waals surface area contributed by atoms with Gasteiger partial charge < -0.3 is 10.1 Å². The predicted octanol–water partition coefficient (Wildman–Crippen LogP) is 6.80. The summed E-state index contributed by atoms with van der Waals surface area (Å²) in [5.74, 6) is 1.11. The molecule has 0 aliphatic carbocycles. The van der Waals surface area contributed by atoms with Gasteiger partial charge in [0.25, 0.3) is 5.91 Å². The van der Waals surface area contributed by atoms with E-state index >= 15 is 0 Å². The second kappa shape index (κ2) is 11.2. The number of anilines is 1. The molecule has 0 atom stereocenters. The zero-order chi connectivity index (χ0) is 23.9. The van der Waals surface area contributed by atoms with E-state index in [4.69, 9.17) is 4.74 Å². The second-order valence-electron chi connectivity index (χ2n) is 7.68. The smallest absolute Gasteiger partial charge is 0.275 e. The Balaban J connectivity index is 1.61. The first-order valence-electron chi connectivity index (χ1n) is 10.8. The highest BCUT2D eigenvalue weighted by Crippen LogP contribution is 2.32. The van der Waals surface area contributed by atoms with Crippen molar-refractivity contribution in [3.63, 3.8) is 0 Å². The molecule has 0 fully saturated rings. The molecule has 1 heterocycles. The van der Waals surface area contributed by atoms with Crippen molar-refractivity contribution >= 4 is 35.1 Å². The lowest BCUT2D eigenvalue weighted by Gasteiger charge is -2.12. The summed E-state index contributed by atoms with van der Waals surface area (Å²) < 4.78 is 5.27. The summed E-state index contributed by atoms with van der Waals surface area (Å²) in [6.45, 7) is 4.14. The average molecular weight is 488 g/mol. The Bertz CT molecular complexity index is 1290. The van der Waals surface area contributed by atoms with Crippen LogP contribution >= 0.6 is 23.5 Å². The van der Waals surface area contributed by atoms with Gasteiger partial charge in [0.15, 0.2) is 5.16 Å². The van der Waals surface area contributed by atoms with Gasteiger partial charge in [0, 0.05) is 28.6 Å². The topological polar surface area (TPSA) is 64.1 Å². The molecule has 0 aliphatic heterocycles. The summed E-state index contributed by atoms with van der Waals surface area (Å²) in [5.41, 5.74) is 4.60. The lowest BCUT2D eigenvalue weighted by atomic mass is 10.1. The molecule has 0 saturated carbocycles. The number of benzene rings is 3. The number of aromatic nitrogens is 2. The standard InChI is InChI=1S/C27H25N3O2S2/c1-18-11-13-23(14-12-18)34-24-16-28-27(33-17-20-8-5-4-7-19(20)2)30-25(24)26(31)29-21-9-6-10-22(15-21)32-3/h4-16H,17H2,1-3H3,(H,29,31). The van der Waals surface area contributed by atoms with E-state index in [0.29, 0.717) is 27.2 Å². The first kappa shape index (κ1) is 23.9. The molecule has 3 aromatic carbocycles. The summed E-state index contributed by atoms with van der Waals surface area (Å²) in [6.07, 6.45) is 1.73. The monoisotopic (exact) mass is 487 g/mol. The molecule has 172 valence electrons. The lowest BCUT2D eigenvalue weighted by molar-refractivity contribution is 0.101. The Morgan fingerprint density at radius 1 is 1.00 bits per heavy atom. The van der Waals surface area contributed by atoms with Gasteiger partial charge in [-0.3, -0.25) is 4.79 Å². The van der Waals surface area contributed by atoms with Crippen LogP contribution in [0.25, 0.3) is 0 Å². The van der Waals surface area contributed by atoms with Gasteiger partial charge >= 0.3 is 0 Å². The lowest BCUT2D eigenvalue weighted by Crippen LogP contribution is -2.16. The van der Waals surface area contributed by atoms with Crippen molar-refractivity contribution in [1.29, 1.82) is 0 Å². The molecule has 0 aliphatic rings. The molecule has 7 heteroatoms. The number of carbonyl (C=O) groups excluding carboxylic acids is 1. The Labute approximate surface area is 208 Å². The van der Waals surface area contributed by atoms with Crippen molar-refractivity contribution in [3.8, 4) is 5.75 Å². The third-order valence-corrected chi connectivity index (χ3v) is 7.08. The highest BCUT2D eigenvalue weighted by molar-refractivity contribution is 7.99. The number of amides is 1. The van der Waals surface area contributed by atoms with Gasteiger partial charge in [0.1, 0.15) is 11.4 Å². The Kier molecular flexibility index (Phi) is 7.87. The van der Waals surface area contributed by atoms with Crippen LogP contribution in [-0.2, 0) is 5.75 Å². The molecule has 4 rings (SSSR count). The van der Waals surface area contributed by atoms with E-state index in [9.17, 15) is 4.79 Å². The number of hydrogen-bond donors (Lipinski definition) is 1. The van der Waals surface area contributed by atoms with E-state index < -0.39 is 0 Å². The number of nitrogens with zero attached hydrogens (tertiary/aromatic N) is 2. The fraction of sp³-hybridized carbons (Fsp3) is 0.148. The molecule has 1 N–H and O–H groups in total. The normalized spacial score (nSPS) is 10.7. The third kappa shape index (κ3) is 6.18. The van der Waals surface area contributed by atoms with Crippen LogP contribution in [0, 0.1) is 13.8 Å². The molecule has 0 saturated heterocycles. The van der Waals surface area contributed by atoms with E-state index in [1.54, 1.807) is 19.4 Å². The number of ether oxygens (including phenoxy) is 1. The summed E-state index contributed by atoms with van der Waals surface area (Å²) >= 11 is 2.99. The van der Waals surface area contributed by atoms with Gasteiger partial charge in [-0.15, -0.1) is 0 Å². The van der Waals surface area contributed by atoms with Crippen LogP contribution in [0.2, 0.25) is 0 Å². The number of methoxy groups -OCH3 is 1. The fourth-order valence-corrected chi connectivity index (χ4v) is 4.96. The average Bonchev–Trinajstić information content (AvgIpc) is 2.85. The molecule has 1 aromatic heterocycles. The number of rotatable bonds is 8. The molecule has 0 bridgehead atoms. The zero-order valence-corrected chi connectivity index (χ0v) is 20.9. The van der Waals surface area contributed by atoms with Crippen molar-refractivity contribution in [2.24, 2.45) is 0 Å².